The van der Waals surface area contributed by atoms with Gasteiger partial charge in [-0.15, -0.1) is 0 Å². The van der Waals surface area contributed by atoms with Crippen molar-refractivity contribution in [2.75, 3.05) is 0 Å². The largest absolute Gasteiger partial charge is 0.284 e. The van der Waals surface area contributed by atoms with Gasteiger partial charge in [0.25, 0.3) is 17.1 Å². The number of rotatable bonds is 4. The molecule has 2 aromatic carbocycles. The third-order valence-corrected chi connectivity index (χ3v) is 4.55. The molecule has 3 aromatic rings. The number of nitro groups is 3. The number of hydrogen-bond acceptors (Lipinski definition) is 7. The Morgan fingerprint density at radius 3 is 2.10 bits per heavy atom. The van der Waals surface area contributed by atoms with E-state index < -0.39 is 26.1 Å². The molecule has 0 saturated heterocycles. The Morgan fingerprint density at radius 1 is 0.759 bits per heavy atom. The van der Waals surface area contributed by atoms with Gasteiger partial charge < -0.3 is 0 Å². The molecule has 0 atom stereocenters. The lowest BCUT2D eigenvalue weighted by Gasteiger charge is -2.04. The summed E-state index contributed by atoms with van der Waals surface area (Å²) in [4.78, 5) is 36.4. The molecule has 0 bridgehead atoms. The van der Waals surface area contributed by atoms with Gasteiger partial charge in [0, 0.05) is 30.0 Å². The van der Waals surface area contributed by atoms with E-state index in [0.29, 0.717) is 22.4 Å². The molecule has 0 aliphatic heterocycles. The summed E-state index contributed by atoms with van der Waals surface area (Å²) in [5.41, 5.74) is 1.04. The summed E-state index contributed by atoms with van der Waals surface area (Å²) in [6.45, 7) is 0. The van der Waals surface area contributed by atoms with E-state index in [1.54, 1.807) is 30.5 Å². The van der Waals surface area contributed by atoms with E-state index in [9.17, 15) is 30.3 Å². The minimum absolute atomic E-state index is 0.188. The van der Waals surface area contributed by atoms with Crippen molar-refractivity contribution in [1.29, 1.82) is 0 Å². The van der Waals surface area contributed by atoms with Gasteiger partial charge in [-0.05, 0) is 41.0 Å². The van der Waals surface area contributed by atoms with Crippen LogP contribution in [0.4, 0.5) is 17.1 Å². The molecule has 0 fully saturated rings. The summed E-state index contributed by atoms with van der Waals surface area (Å²) < 4.78 is 0. The highest BCUT2D eigenvalue weighted by Crippen LogP contribution is 2.51. The molecule has 0 radical (unpaired) electrons. The average Bonchev–Trinajstić information content (AvgIpc) is 3.01. The average molecular weight is 390 g/mol. The molecule has 10 heteroatoms. The van der Waals surface area contributed by atoms with Crippen molar-refractivity contribution >= 4 is 28.7 Å². The van der Waals surface area contributed by atoms with Crippen LogP contribution in [0.5, 0.6) is 0 Å². The minimum Gasteiger partial charge on any atom is -0.258 e. The highest BCUT2D eigenvalue weighted by atomic mass is 16.6. The lowest BCUT2D eigenvalue weighted by atomic mass is 10.0. The second-order valence-electron chi connectivity index (χ2n) is 6.20. The van der Waals surface area contributed by atoms with Gasteiger partial charge in [-0.1, -0.05) is 6.07 Å². The van der Waals surface area contributed by atoms with Crippen LogP contribution >= 0.6 is 0 Å². The first-order valence-corrected chi connectivity index (χ1v) is 8.26. The first kappa shape index (κ1) is 17.9. The van der Waals surface area contributed by atoms with Crippen molar-refractivity contribution in [2.45, 2.75) is 0 Å². The molecule has 10 nitrogen and oxygen atoms in total. The van der Waals surface area contributed by atoms with Crippen molar-refractivity contribution in [1.82, 2.24) is 4.98 Å². The first-order chi connectivity index (χ1) is 13.9. The molecular formula is C19H10N4O6. The van der Waals surface area contributed by atoms with Gasteiger partial charge in [-0.2, -0.15) is 0 Å². The Bertz CT molecular complexity index is 1240. The molecule has 1 aliphatic carbocycles. The molecule has 0 saturated carbocycles. The van der Waals surface area contributed by atoms with Crippen LogP contribution in [0.3, 0.4) is 0 Å². The monoisotopic (exact) mass is 390 g/mol. The number of aromatic nitrogens is 1. The normalized spacial score (nSPS) is 13.0. The van der Waals surface area contributed by atoms with E-state index in [4.69, 9.17) is 0 Å². The highest BCUT2D eigenvalue weighted by Gasteiger charge is 2.34. The fraction of sp³-hybridized carbons (Fsp3) is 0. The van der Waals surface area contributed by atoms with Crippen molar-refractivity contribution in [3.05, 3.63) is 102 Å². The van der Waals surface area contributed by atoms with Gasteiger partial charge >= 0.3 is 0 Å². The van der Waals surface area contributed by atoms with Crippen LogP contribution in [-0.4, -0.2) is 19.8 Å². The fourth-order valence-electron chi connectivity index (χ4n) is 3.35. The Labute approximate surface area is 162 Å². The third kappa shape index (κ3) is 2.98. The topological polar surface area (TPSA) is 142 Å². The molecule has 0 unspecified atom stereocenters. The summed E-state index contributed by atoms with van der Waals surface area (Å²) in [7, 11) is 0. The van der Waals surface area contributed by atoms with E-state index in [2.05, 4.69) is 4.98 Å². The molecule has 1 aromatic heterocycles. The molecule has 29 heavy (non-hydrogen) atoms. The lowest BCUT2D eigenvalue weighted by molar-refractivity contribution is -0.393. The van der Waals surface area contributed by atoms with Crippen molar-refractivity contribution in [3.63, 3.8) is 0 Å². The van der Waals surface area contributed by atoms with E-state index >= 15 is 0 Å². The maximum absolute atomic E-state index is 11.6. The van der Waals surface area contributed by atoms with Crippen LogP contribution in [0.1, 0.15) is 16.8 Å². The van der Waals surface area contributed by atoms with Crippen LogP contribution in [0.2, 0.25) is 0 Å². The number of non-ortho nitro benzene ring substituents is 2. The first-order valence-electron chi connectivity index (χ1n) is 8.26. The number of fused-ring (bicyclic) bond motifs is 3. The standard InChI is InChI=1S/C19H10N4O6/c24-21(25)12-4-5-14-16(8-12)15(7-11-3-1-2-6-20-11)17-9-13(22(26)27)10-18(19(14)17)23(28)29/h1-10H/b15-7+. The minimum atomic E-state index is -0.711. The predicted octanol–water partition coefficient (Wildman–Crippen LogP) is 4.38. The Kier molecular flexibility index (Phi) is 4.08. The smallest absolute Gasteiger partial charge is 0.258 e. The zero-order valence-corrected chi connectivity index (χ0v) is 14.5. The van der Waals surface area contributed by atoms with Crippen LogP contribution in [-0.2, 0) is 0 Å². The van der Waals surface area contributed by atoms with Crippen molar-refractivity contribution in [3.8, 4) is 11.1 Å². The zero-order chi connectivity index (χ0) is 20.7. The molecule has 4 rings (SSSR count). The van der Waals surface area contributed by atoms with Gasteiger partial charge in [0.15, 0.2) is 0 Å². The summed E-state index contributed by atoms with van der Waals surface area (Å²) in [6.07, 6.45) is 3.15. The number of nitrogens with zero attached hydrogens (tertiary/aromatic N) is 4. The van der Waals surface area contributed by atoms with Gasteiger partial charge in [-0.25, -0.2) is 0 Å². The van der Waals surface area contributed by atoms with Crippen LogP contribution < -0.4 is 0 Å². The molecule has 1 heterocycles. The summed E-state index contributed by atoms with van der Waals surface area (Å²) in [5.74, 6) is 0. The van der Waals surface area contributed by atoms with E-state index in [1.165, 1.54) is 24.3 Å². The highest BCUT2D eigenvalue weighted by molar-refractivity contribution is 6.09. The third-order valence-electron chi connectivity index (χ3n) is 4.55. The van der Waals surface area contributed by atoms with Crippen molar-refractivity contribution < 1.29 is 14.8 Å². The summed E-state index contributed by atoms with van der Waals surface area (Å²) >= 11 is 0. The Balaban J connectivity index is 2.09. The number of nitro benzene ring substituents is 3. The van der Waals surface area contributed by atoms with Crippen molar-refractivity contribution in [2.24, 2.45) is 0 Å². The maximum atomic E-state index is 11.6. The molecule has 0 N–H and O–H groups in total. The predicted molar refractivity (Wildman–Crippen MR) is 103 cm³/mol. The second-order valence-corrected chi connectivity index (χ2v) is 6.20. The molecule has 1 aliphatic rings. The van der Waals surface area contributed by atoms with Crippen LogP contribution in [0.25, 0.3) is 22.8 Å². The quantitative estimate of drug-likeness (QED) is 0.372. The SMILES string of the molecule is O=[N+]([O-])c1ccc2c(c1)/C(=C\c1ccccn1)c1cc([N+](=O)[O-])cc([N+](=O)[O-])c1-2. The maximum Gasteiger partial charge on any atom is 0.284 e. The number of pyridine rings is 1. The van der Waals surface area contributed by atoms with E-state index in [0.717, 1.165) is 6.07 Å². The van der Waals surface area contributed by atoms with Gasteiger partial charge in [0.05, 0.1) is 32.1 Å². The molecule has 142 valence electrons. The fourth-order valence-corrected chi connectivity index (χ4v) is 3.35. The summed E-state index contributed by atoms with van der Waals surface area (Å²) in [6, 6.07) is 11.2. The molecule has 0 spiro atoms. The summed E-state index contributed by atoms with van der Waals surface area (Å²) in [5, 5.41) is 34.2. The Morgan fingerprint density at radius 2 is 1.48 bits per heavy atom. The van der Waals surface area contributed by atoms with Gasteiger partial charge in [-0.3, -0.25) is 35.3 Å². The molecule has 0 amide bonds. The second kappa shape index (κ2) is 6.60. The van der Waals surface area contributed by atoms with Gasteiger partial charge in [0.1, 0.15) is 0 Å². The van der Waals surface area contributed by atoms with Crippen LogP contribution in [0.15, 0.2) is 54.7 Å². The lowest BCUT2D eigenvalue weighted by Crippen LogP contribution is -1.96. The number of hydrogen-bond donors (Lipinski definition) is 0. The molecular weight excluding hydrogens is 380 g/mol. The Hall–Kier alpha value is -4.47. The zero-order valence-electron chi connectivity index (χ0n) is 14.5. The van der Waals surface area contributed by atoms with Crippen LogP contribution in [0, 0.1) is 30.3 Å². The van der Waals surface area contributed by atoms with E-state index in [-0.39, 0.29) is 16.8 Å². The van der Waals surface area contributed by atoms with E-state index in [1.807, 2.05) is 0 Å². The van der Waals surface area contributed by atoms with Gasteiger partial charge in [0.2, 0.25) is 0 Å². The number of benzene rings is 2.